The molecular formula is C7H6ClN3O2S. The third kappa shape index (κ3) is 1.98. The summed E-state index contributed by atoms with van der Waals surface area (Å²) >= 11 is 5.72. The summed E-state index contributed by atoms with van der Waals surface area (Å²) in [4.78, 5) is 2.18. The third-order valence-electron chi connectivity index (χ3n) is 1.64. The zero-order valence-electron chi connectivity index (χ0n) is 7.18. The number of hydrogen-bond donors (Lipinski definition) is 0. The Labute approximate surface area is 86.0 Å². The topological polar surface area (TPSA) is 82.9 Å². The second-order valence-corrected chi connectivity index (χ2v) is 4.47. The summed E-state index contributed by atoms with van der Waals surface area (Å²) in [7, 11) is -3.94. The van der Waals surface area contributed by atoms with Crippen molar-refractivity contribution in [1.82, 2.24) is 0 Å². The van der Waals surface area contributed by atoms with Gasteiger partial charge in [-0.25, -0.2) is 8.42 Å². The van der Waals surface area contributed by atoms with Crippen LogP contribution in [0.1, 0.15) is 5.56 Å². The van der Waals surface area contributed by atoms with E-state index in [4.69, 9.17) is 17.1 Å². The largest absolute Gasteiger partial charge is 0.264 e. The molecule has 0 bridgehead atoms. The Bertz CT molecular complexity index is 506. The van der Waals surface area contributed by atoms with Crippen LogP contribution in [0.5, 0.6) is 0 Å². The van der Waals surface area contributed by atoms with E-state index in [2.05, 4.69) is 9.43 Å². The van der Waals surface area contributed by atoms with Gasteiger partial charge in [0, 0.05) is 14.5 Å². The highest BCUT2D eigenvalue weighted by molar-refractivity contribution is 7.90. The van der Waals surface area contributed by atoms with E-state index in [1.165, 1.54) is 12.1 Å². The van der Waals surface area contributed by atoms with E-state index in [0.29, 0.717) is 10.6 Å². The molecule has 0 aliphatic rings. The minimum absolute atomic E-state index is 0.0669. The predicted molar refractivity (Wildman–Crippen MR) is 52.5 cm³/mol. The van der Waals surface area contributed by atoms with E-state index >= 15 is 0 Å². The molecule has 0 fully saturated rings. The molecule has 0 aliphatic carbocycles. The molecule has 0 atom stereocenters. The molecule has 0 aromatic heterocycles. The molecule has 0 unspecified atom stereocenters. The van der Waals surface area contributed by atoms with E-state index in [9.17, 15) is 8.42 Å². The highest BCUT2D eigenvalue weighted by atomic mass is 35.5. The maximum Gasteiger partial charge on any atom is 0.264 e. The van der Waals surface area contributed by atoms with E-state index < -0.39 is 10.0 Å². The molecule has 5 nitrogen and oxygen atoms in total. The normalized spacial score (nSPS) is 10.7. The molecule has 0 N–H and O–H groups in total. The minimum Gasteiger partial charge on any atom is -0.216 e. The zero-order valence-corrected chi connectivity index (χ0v) is 8.75. The van der Waals surface area contributed by atoms with Gasteiger partial charge in [-0.05, 0) is 30.2 Å². The first-order valence-electron chi connectivity index (χ1n) is 3.55. The van der Waals surface area contributed by atoms with Gasteiger partial charge in [0.15, 0.2) is 0 Å². The number of rotatable bonds is 2. The monoisotopic (exact) mass is 231 g/mol. The first-order chi connectivity index (χ1) is 6.49. The summed E-state index contributed by atoms with van der Waals surface area (Å²) in [6.07, 6.45) is 0. The summed E-state index contributed by atoms with van der Waals surface area (Å²) in [5.74, 6) is 0. The van der Waals surface area contributed by atoms with Crippen LogP contribution in [-0.2, 0) is 10.0 Å². The van der Waals surface area contributed by atoms with E-state index in [-0.39, 0.29) is 4.90 Å². The molecule has 0 radical (unpaired) electrons. The maximum atomic E-state index is 11.3. The molecule has 0 saturated heterocycles. The summed E-state index contributed by atoms with van der Waals surface area (Å²) in [6, 6.07) is 4.38. The number of hydrogen-bond acceptors (Lipinski definition) is 2. The van der Waals surface area contributed by atoms with Crippen LogP contribution >= 0.6 is 11.6 Å². The number of azide groups is 1. The van der Waals surface area contributed by atoms with Gasteiger partial charge in [-0.2, -0.15) is 0 Å². The summed E-state index contributed by atoms with van der Waals surface area (Å²) in [5, 5.41) is 0.319. The molecule has 1 rings (SSSR count). The lowest BCUT2D eigenvalue weighted by Crippen LogP contribution is -1.98. The lowest BCUT2D eigenvalue weighted by molar-refractivity contribution is 0.597. The summed E-state index contributed by atoms with van der Waals surface area (Å²) in [5.41, 5.74) is 8.45. The van der Waals surface area contributed by atoms with Crippen molar-refractivity contribution < 1.29 is 8.42 Å². The molecule has 0 saturated carbocycles. The second-order valence-electron chi connectivity index (χ2n) is 2.51. The Morgan fingerprint density at radius 1 is 1.50 bits per heavy atom. The van der Waals surface area contributed by atoms with Crippen molar-refractivity contribution in [3.63, 3.8) is 0 Å². The summed E-state index contributed by atoms with van der Waals surface area (Å²) < 4.78 is 25.4. The number of halogens is 1. The van der Waals surface area contributed by atoms with Crippen LogP contribution in [0.15, 0.2) is 27.6 Å². The Balaban J connectivity index is 3.49. The average Bonchev–Trinajstić information content (AvgIpc) is 2.09. The van der Waals surface area contributed by atoms with Crippen LogP contribution in [0.25, 0.3) is 10.4 Å². The fraction of sp³-hybridized carbons (Fsp3) is 0.143. The molecule has 0 heterocycles. The Morgan fingerprint density at radius 3 is 2.71 bits per heavy atom. The van der Waals surface area contributed by atoms with Gasteiger partial charge < -0.3 is 0 Å². The Morgan fingerprint density at radius 2 is 2.14 bits per heavy atom. The van der Waals surface area contributed by atoms with Gasteiger partial charge in [-0.3, -0.25) is 0 Å². The standard InChI is InChI=1S/C7H6ClN3O2S/c1-5-6(8)3-2-4-7(5)14(12,13)11-10-9/h2-4H,1H3. The molecule has 0 spiro atoms. The van der Waals surface area contributed by atoms with Crippen molar-refractivity contribution in [3.05, 3.63) is 39.2 Å². The van der Waals surface area contributed by atoms with Gasteiger partial charge in [-0.1, -0.05) is 17.7 Å². The fourth-order valence-corrected chi connectivity index (χ4v) is 2.12. The van der Waals surface area contributed by atoms with Crippen molar-refractivity contribution in [1.29, 1.82) is 0 Å². The van der Waals surface area contributed by atoms with Crippen molar-refractivity contribution in [2.24, 2.45) is 4.52 Å². The van der Waals surface area contributed by atoms with Gasteiger partial charge in [-0.15, -0.1) is 0 Å². The highest BCUT2D eigenvalue weighted by Crippen LogP contribution is 2.23. The van der Waals surface area contributed by atoms with Crippen LogP contribution in [0.3, 0.4) is 0 Å². The Kier molecular flexibility index (Phi) is 3.00. The highest BCUT2D eigenvalue weighted by Gasteiger charge is 2.15. The molecule has 14 heavy (non-hydrogen) atoms. The number of nitrogens with zero attached hydrogens (tertiary/aromatic N) is 3. The zero-order chi connectivity index (χ0) is 10.8. The SMILES string of the molecule is Cc1c(Cl)cccc1S(=O)(=O)N=[N+]=[N-]. The lowest BCUT2D eigenvalue weighted by Gasteiger charge is -2.03. The molecule has 7 heteroatoms. The fourth-order valence-electron chi connectivity index (χ4n) is 0.959. The van der Waals surface area contributed by atoms with Gasteiger partial charge in [0.05, 0.1) is 4.90 Å². The Hall–Kier alpha value is -1.23. The van der Waals surface area contributed by atoms with Crippen LogP contribution in [0.2, 0.25) is 5.02 Å². The van der Waals surface area contributed by atoms with E-state index in [1.54, 1.807) is 13.0 Å². The van der Waals surface area contributed by atoms with Crippen molar-refractivity contribution in [2.75, 3.05) is 0 Å². The van der Waals surface area contributed by atoms with E-state index in [0.717, 1.165) is 0 Å². The minimum atomic E-state index is -3.94. The average molecular weight is 232 g/mol. The molecule has 0 aliphatic heterocycles. The van der Waals surface area contributed by atoms with Crippen LogP contribution < -0.4 is 0 Å². The van der Waals surface area contributed by atoms with Gasteiger partial charge in [0.2, 0.25) is 0 Å². The maximum absolute atomic E-state index is 11.3. The van der Waals surface area contributed by atoms with Crippen molar-refractivity contribution in [3.8, 4) is 0 Å². The third-order valence-corrected chi connectivity index (χ3v) is 3.34. The van der Waals surface area contributed by atoms with E-state index in [1.807, 2.05) is 0 Å². The first-order valence-corrected chi connectivity index (χ1v) is 5.37. The summed E-state index contributed by atoms with van der Waals surface area (Å²) in [6.45, 7) is 1.54. The van der Waals surface area contributed by atoms with Crippen LogP contribution in [0, 0.1) is 6.92 Å². The number of sulfonamides is 1. The predicted octanol–water partition coefficient (Wildman–Crippen LogP) is 2.65. The smallest absolute Gasteiger partial charge is 0.216 e. The van der Waals surface area contributed by atoms with Crippen molar-refractivity contribution in [2.45, 2.75) is 11.8 Å². The molecule has 74 valence electrons. The second kappa shape index (κ2) is 3.88. The van der Waals surface area contributed by atoms with Crippen LogP contribution in [-0.4, -0.2) is 8.42 Å². The van der Waals surface area contributed by atoms with Gasteiger partial charge in [0.25, 0.3) is 10.0 Å². The van der Waals surface area contributed by atoms with Crippen molar-refractivity contribution >= 4 is 21.6 Å². The molecule has 1 aromatic rings. The first kappa shape index (κ1) is 10.8. The molecule has 0 amide bonds. The van der Waals surface area contributed by atoms with Crippen LogP contribution in [0.4, 0.5) is 0 Å². The quantitative estimate of drug-likeness (QED) is 0.445. The van der Waals surface area contributed by atoms with Gasteiger partial charge in [0.1, 0.15) is 0 Å². The molecular weight excluding hydrogens is 226 g/mol. The number of benzene rings is 1. The van der Waals surface area contributed by atoms with Gasteiger partial charge >= 0.3 is 0 Å². The molecule has 1 aromatic carbocycles. The lowest BCUT2D eigenvalue weighted by atomic mass is 10.2.